The fourth-order valence-corrected chi connectivity index (χ4v) is 1.38. The third-order valence-corrected chi connectivity index (χ3v) is 1.87. The van der Waals surface area contributed by atoms with Gasteiger partial charge in [-0.3, -0.25) is 0 Å². The van der Waals surface area contributed by atoms with Crippen LogP contribution in [0.3, 0.4) is 0 Å². The van der Waals surface area contributed by atoms with Crippen LogP contribution in [0.25, 0.3) is 0 Å². The molecule has 0 unspecified atom stereocenters. The van der Waals surface area contributed by atoms with Crippen molar-refractivity contribution in [2.75, 3.05) is 0 Å². The number of thiol groups is 1. The van der Waals surface area contributed by atoms with Crippen LogP contribution in [0, 0.1) is 5.95 Å². The molecule has 4 heteroatoms. The molecule has 0 saturated heterocycles. The second kappa shape index (κ2) is 3.83. The maximum atomic E-state index is 12.3. The van der Waals surface area contributed by atoms with E-state index in [4.69, 9.17) is 0 Å². The predicted molar refractivity (Wildman–Crippen MR) is 44.5 cm³/mol. The van der Waals surface area contributed by atoms with E-state index in [0.29, 0.717) is 5.75 Å². The summed E-state index contributed by atoms with van der Waals surface area (Å²) in [6, 6.07) is 3.18. The van der Waals surface area contributed by atoms with Crippen LogP contribution in [0.4, 0.5) is 4.39 Å². The first kappa shape index (κ1) is 7.88. The van der Waals surface area contributed by atoms with E-state index in [9.17, 15) is 4.39 Å². The zero-order chi connectivity index (χ0) is 7.40. The highest BCUT2D eigenvalue weighted by Crippen LogP contribution is 2.14. The third kappa shape index (κ3) is 2.19. The molecule has 0 amide bonds. The van der Waals surface area contributed by atoms with Crippen molar-refractivity contribution in [3.8, 4) is 0 Å². The van der Waals surface area contributed by atoms with Gasteiger partial charge in [0, 0.05) is 11.9 Å². The van der Waals surface area contributed by atoms with Crippen molar-refractivity contribution in [2.24, 2.45) is 0 Å². The highest BCUT2D eigenvalue weighted by Gasteiger charge is 1.93. The molecular weight excluding hydrogens is 169 g/mol. The molecule has 54 valence electrons. The maximum absolute atomic E-state index is 12.3. The molecule has 0 aromatic carbocycles. The van der Waals surface area contributed by atoms with Gasteiger partial charge >= 0.3 is 0 Å². The number of nitrogens with zero attached hydrogens (tertiary/aromatic N) is 1. The van der Waals surface area contributed by atoms with E-state index in [1.165, 1.54) is 23.1 Å². The zero-order valence-electron chi connectivity index (χ0n) is 5.12. The molecule has 1 nitrogen and oxygen atoms in total. The van der Waals surface area contributed by atoms with Gasteiger partial charge in [0.15, 0.2) is 0 Å². The smallest absolute Gasteiger partial charge is 0.213 e. The molecule has 0 saturated carbocycles. The van der Waals surface area contributed by atoms with Crippen LogP contribution < -0.4 is 0 Å². The van der Waals surface area contributed by atoms with Gasteiger partial charge in [0.05, 0.1) is 0 Å². The minimum Gasteiger partial charge on any atom is -0.228 e. The average molecular weight is 175 g/mol. The lowest BCUT2D eigenvalue weighted by atomic mass is 10.3. The van der Waals surface area contributed by atoms with Gasteiger partial charge in [-0.25, -0.2) is 4.98 Å². The van der Waals surface area contributed by atoms with Crippen molar-refractivity contribution >= 4 is 22.5 Å². The minimum atomic E-state index is -0.431. The molecule has 0 spiro atoms. The summed E-state index contributed by atoms with van der Waals surface area (Å²) in [6.45, 7) is 0. The van der Waals surface area contributed by atoms with E-state index in [0.717, 1.165) is 5.56 Å². The minimum absolute atomic E-state index is 0.431. The Morgan fingerprint density at radius 3 is 3.10 bits per heavy atom. The molecular formula is C6H6FNS2. The van der Waals surface area contributed by atoms with E-state index in [-0.39, 0.29) is 0 Å². The van der Waals surface area contributed by atoms with Crippen molar-refractivity contribution in [1.82, 2.24) is 4.98 Å². The fourth-order valence-electron chi connectivity index (χ4n) is 0.607. The van der Waals surface area contributed by atoms with Gasteiger partial charge in [-0.1, -0.05) is 10.8 Å². The van der Waals surface area contributed by atoms with Gasteiger partial charge in [0.25, 0.3) is 0 Å². The zero-order valence-corrected chi connectivity index (χ0v) is 6.83. The number of halogens is 1. The molecule has 0 N–H and O–H groups in total. The molecule has 0 fully saturated rings. The maximum Gasteiger partial charge on any atom is 0.213 e. The van der Waals surface area contributed by atoms with Gasteiger partial charge in [-0.15, -0.1) is 11.7 Å². The second-order valence-electron chi connectivity index (χ2n) is 1.76. The molecule has 1 aromatic heterocycles. The van der Waals surface area contributed by atoms with E-state index >= 15 is 0 Å². The number of rotatable bonds is 2. The molecule has 1 aromatic rings. The van der Waals surface area contributed by atoms with E-state index in [1.54, 1.807) is 6.07 Å². The van der Waals surface area contributed by atoms with Crippen molar-refractivity contribution in [2.45, 2.75) is 5.75 Å². The largest absolute Gasteiger partial charge is 0.228 e. The highest BCUT2D eigenvalue weighted by atomic mass is 33.1. The van der Waals surface area contributed by atoms with Crippen molar-refractivity contribution < 1.29 is 4.39 Å². The van der Waals surface area contributed by atoms with Crippen molar-refractivity contribution in [3.05, 3.63) is 29.8 Å². The normalized spacial score (nSPS) is 9.80. The Balaban J connectivity index is 2.75. The molecule has 0 aliphatic carbocycles. The summed E-state index contributed by atoms with van der Waals surface area (Å²) in [4.78, 5) is 3.42. The van der Waals surface area contributed by atoms with Gasteiger partial charge in [0.2, 0.25) is 5.95 Å². The molecule has 0 atom stereocenters. The molecule has 0 aliphatic rings. The van der Waals surface area contributed by atoms with Gasteiger partial charge in [-0.05, 0) is 17.7 Å². The molecule has 0 radical (unpaired) electrons. The topological polar surface area (TPSA) is 12.9 Å². The first-order valence-corrected chi connectivity index (χ1v) is 4.73. The molecule has 1 heterocycles. The summed E-state index contributed by atoms with van der Waals surface area (Å²) < 4.78 is 12.3. The standard InChI is InChI=1S/C6H6FNS2/c7-6-3-5(4-10-9)1-2-8-6/h1-3,9H,4H2. The summed E-state index contributed by atoms with van der Waals surface area (Å²) in [6.07, 6.45) is 1.45. The summed E-state index contributed by atoms with van der Waals surface area (Å²) in [5.41, 5.74) is 0.910. The molecule has 0 aliphatic heterocycles. The summed E-state index contributed by atoms with van der Waals surface area (Å²) in [5.74, 6) is 0.280. The van der Waals surface area contributed by atoms with Crippen LogP contribution in [-0.4, -0.2) is 4.98 Å². The Kier molecular flexibility index (Phi) is 3.02. The Labute approximate surface area is 67.9 Å². The number of hydrogen-bond acceptors (Lipinski definition) is 3. The monoisotopic (exact) mass is 175 g/mol. The number of hydrogen-bond donors (Lipinski definition) is 1. The Hall–Kier alpha value is -0.220. The van der Waals surface area contributed by atoms with Gasteiger partial charge in [0.1, 0.15) is 0 Å². The number of pyridine rings is 1. The first-order chi connectivity index (χ1) is 4.83. The van der Waals surface area contributed by atoms with Gasteiger partial charge < -0.3 is 0 Å². The summed E-state index contributed by atoms with van der Waals surface area (Å²) in [5, 5.41) is 0. The highest BCUT2D eigenvalue weighted by molar-refractivity contribution is 8.68. The lowest BCUT2D eigenvalue weighted by Crippen LogP contribution is -1.84. The Morgan fingerprint density at radius 2 is 2.50 bits per heavy atom. The lowest BCUT2D eigenvalue weighted by molar-refractivity contribution is 0.582. The van der Waals surface area contributed by atoms with E-state index < -0.39 is 5.95 Å². The van der Waals surface area contributed by atoms with Crippen LogP contribution >= 0.6 is 22.5 Å². The van der Waals surface area contributed by atoms with Gasteiger partial charge in [-0.2, -0.15) is 4.39 Å². The van der Waals surface area contributed by atoms with Crippen LogP contribution in [0.1, 0.15) is 5.56 Å². The third-order valence-electron chi connectivity index (χ3n) is 1.02. The van der Waals surface area contributed by atoms with Crippen LogP contribution in [-0.2, 0) is 5.75 Å². The van der Waals surface area contributed by atoms with Crippen LogP contribution in [0.5, 0.6) is 0 Å². The van der Waals surface area contributed by atoms with Crippen LogP contribution in [0.15, 0.2) is 18.3 Å². The first-order valence-electron chi connectivity index (χ1n) is 2.69. The van der Waals surface area contributed by atoms with E-state index in [1.807, 2.05) is 0 Å². The molecule has 0 bridgehead atoms. The van der Waals surface area contributed by atoms with Crippen molar-refractivity contribution in [1.29, 1.82) is 0 Å². The summed E-state index contributed by atoms with van der Waals surface area (Å²) >= 11 is 3.94. The molecule has 1 rings (SSSR count). The quantitative estimate of drug-likeness (QED) is 0.421. The Bertz CT molecular complexity index is 217. The molecule has 10 heavy (non-hydrogen) atoms. The summed E-state index contributed by atoms with van der Waals surface area (Å²) in [7, 11) is 1.36. The SMILES string of the molecule is Fc1cc(CSS)ccn1. The van der Waals surface area contributed by atoms with E-state index in [2.05, 4.69) is 16.6 Å². The lowest BCUT2D eigenvalue weighted by Gasteiger charge is -1.94. The average Bonchev–Trinajstić information content (AvgIpc) is 1.88. The second-order valence-corrected chi connectivity index (χ2v) is 3.08. The number of aromatic nitrogens is 1. The predicted octanol–water partition coefficient (Wildman–Crippen LogP) is 2.30. The fraction of sp³-hybridized carbons (Fsp3) is 0.167. The van der Waals surface area contributed by atoms with Crippen LogP contribution in [0.2, 0.25) is 0 Å². The van der Waals surface area contributed by atoms with Crippen molar-refractivity contribution in [3.63, 3.8) is 0 Å². The Morgan fingerprint density at radius 1 is 1.70 bits per heavy atom.